The number of rotatable bonds is 4. The van der Waals surface area contributed by atoms with E-state index in [1.807, 2.05) is 0 Å². The summed E-state index contributed by atoms with van der Waals surface area (Å²) in [6.45, 7) is -3.04. The molecule has 0 heterocycles. The molecule has 0 fully saturated rings. The molecule has 1 N–H and O–H groups in total. The maximum atomic E-state index is 12.0. The minimum absolute atomic E-state index is 0.107. The molecule has 7 heteroatoms. The van der Waals surface area contributed by atoms with Crippen LogP contribution in [0.1, 0.15) is 5.56 Å². The Labute approximate surface area is 105 Å². The second kappa shape index (κ2) is 5.84. The molecule has 92 valence electrons. The van der Waals surface area contributed by atoms with Crippen LogP contribution in [0.2, 0.25) is 10.0 Å². The molecule has 1 aromatic carbocycles. The first-order chi connectivity index (χ1) is 7.90. The summed E-state index contributed by atoms with van der Waals surface area (Å²) in [5, 5.41) is 8.41. The number of hydrogen-bond donors (Lipinski definition) is 1. The smallest absolute Gasteiger partial charge is 0.387 e. The van der Waals surface area contributed by atoms with E-state index in [-0.39, 0.29) is 21.4 Å². The molecule has 0 unspecified atom stereocenters. The Morgan fingerprint density at radius 2 is 2.06 bits per heavy atom. The van der Waals surface area contributed by atoms with E-state index in [9.17, 15) is 13.6 Å². The number of alkyl halides is 2. The van der Waals surface area contributed by atoms with E-state index in [1.54, 1.807) is 0 Å². The van der Waals surface area contributed by atoms with Gasteiger partial charge in [0.1, 0.15) is 5.75 Å². The van der Waals surface area contributed by atoms with Crippen molar-refractivity contribution in [2.45, 2.75) is 6.61 Å². The minimum atomic E-state index is -3.04. The molecule has 0 radical (unpaired) electrons. The van der Waals surface area contributed by atoms with Crippen molar-refractivity contribution in [3.63, 3.8) is 0 Å². The molecular formula is C10H6Cl2F2O3. The molecule has 0 aromatic heterocycles. The monoisotopic (exact) mass is 282 g/mol. The lowest BCUT2D eigenvalue weighted by atomic mass is 10.2. The molecule has 0 amide bonds. The van der Waals surface area contributed by atoms with Crippen molar-refractivity contribution in [3.05, 3.63) is 33.8 Å². The van der Waals surface area contributed by atoms with Crippen LogP contribution in [-0.4, -0.2) is 17.7 Å². The van der Waals surface area contributed by atoms with Gasteiger partial charge >= 0.3 is 12.6 Å². The van der Waals surface area contributed by atoms with Crippen LogP contribution in [-0.2, 0) is 4.79 Å². The van der Waals surface area contributed by atoms with E-state index in [1.165, 1.54) is 6.07 Å². The molecule has 1 rings (SSSR count). The minimum Gasteiger partial charge on any atom is -0.478 e. The normalized spacial score (nSPS) is 11.1. The van der Waals surface area contributed by atoms with Crippen LogP contribution in [0.3, 0.4) is 0 Å². The zero-order valence-corrected chi connectivity index (χ0v) is 9.67. The number of halogens is 4. The SMILES string of the molecule is O=C(O)/C=C/c1cc(Cl)cc(OC(F)F)c1Cl. The van der Waals surface area contributed by atoms with E-state index < -0.39 is 12.6 Å². The predicted molar refractivity (Wildman–Crippen MR) is 59.8 cm³/mol. The predicted octanol–water partition coefficient (Wildman–Crippen LogP) is 3.69. The summed E-state index contributed by atoms with van der Waals surface area (Å²) < 4.78 is 28.2. The van der Waals surface area contributed by atoms with Gasteiger partial charge in [0, 0.05) is 17.2 Å². The summed E-state index contributed by atoms with van der Waals surface area (Å²) in [5.74, 6) is -1.50. The largest absolute Gasteiger partial charge is 0.478 e. The quantitative estimate of drug-likeness (QED) is 0.857. The lowest BCUT2D eigenvalue weighted by Crippen LogP contribution is -2.02. The van der Waals surface area contributed by atoms with Crippen molar-refractivity contribution in [1.82, 2.24) is 0 Å². The lowest BCUT2D eigenvalue weighted by Gasteiger charge is -2.09. The maximum Gasteiger partial charge on any atom is 0.387 e. The third-order valence-electron chi connectivity index (χ3n) is 1.65. The van der Waals surface area contributed by atoms with Crippen molar-refractivity contribution in [3.8, 4) is 5.75 Å². The van der Waals surface area contributed by atoms with Crippen LogP contribution < -0.4 is 4.74 Å². The van der Waals surface area contributed by atoms with Crippen LogP contribution in [0.15, 0.2) is 18.2 Å². The fourth-order valence-electron chi connectivity index (χ4n) is 1.05. The van der Waals surface area contributed by atoms with Crippen molar-refractivity contribution < 1.29 is 23.4 Å². The van der Waals surface area contributed by atoms with Gasteiger partial charge in [0.2, 0.25) is 0 Å². The molecule has 0 saturated carbocycles. The van der Waals surface area contributed by atoms with Crippen LogP contribution in [0.4, 0.5) is 8.78 Å². The molecular weight excluding hydrogens is 277 g/mol. The van der Waals surface area contributed by atoms with Crippen molar-refractivity contribution in [1.29, 1.82) is 0 Å². The van der Waals surface area contributed by atoms with Crippen LogP contribution in [0.5, 0.6) is 5.75 Å². The summed E-state index contributed by atoms with van der Waals surface area (Å²) >= 11 is 11.4. The number of hydrogen-bond acceptors (Lipinski definition) is 2. The van der Waals surface area contributed by atoms with Crippen molar-refractivity contribution in [2.24, 2.45) is 0 Å². The highest BCUT2D eigenvalue weighted by Crippen LogP contribution is 2.33. The standard InChI is InChI=1S/C10H6Cl2F2O3/c11-6-3-5(1-2-8(15)16)9(12)7(4-6)17-10(13)14/h1-4,10H,(H,15,16)/b2-1+. The first-order valence-corrected chi connectivity index (χ1v) is 5.00. The summed E-state index contributed by atoms with van der Waals surface area (Å²) in [4.78, 5) is 10.3. The fourth-order valence-corrected chi connectivity index (χ4v) is 1.48. The van der Waals surface area contributed by atoms with Crippen molar-refractivity contribution >= 4 is 35.2 Å². The average Bonchev–Trinajstić information content (AvgIpc) is 2.19. The molecule has 0 spiro atoms. The van der Waals surface area contributed by atoms with Gasteiger partial charge in [0.05, 0.1) is 5.02 Å². The molecule has 0 aliphatic heterocycles. The van der Waals surface area contributed by atoms with Crippen LogP contribution in [0, 0.1) is 0 Å². The van der Waals surface area contributed by atoms with Gasteiger partial charge in [-0.2, -0.15) is 8.78 Å². The van der Waals surface area contributed by atoms with Gasteiger partial charge in [-0.15, -0.1) is 0 Å². The number of benzene rings is 1. The highest BCUT2D eigenvalue weighted by Gasteiger charge is 2.12. The first-order valence-electron chi connectivity index (χ1n) is 4.25. The van der Waals surface area contributed by atoms with E-state index in [2.05, 4.69) is 4.74 Å². The fraction of sp³-hybridized carbons (Fsp3) is 0.100. The zero-order valence-electron chi connectivity index (χ0n) is 8.16. The molecule has 1 aromatic rings. The van der Waals surface area contributed by atoms with Gasteiger partial charge in [0.25, 0.3) is 0 Å². The van der Waals surface area contributed by atoms with Crippen LogP contribution >= 0.6 is 23.2 Å². The third kappa shape index (κ3) is 4.20. The lowest BCUT2D eigenvalue weighted by molar-refractivity contribution is -0.131. The van der Waals surface area contributed by atoms with E-state index in [0.29, 0.717) is 0 Å². The van der Waals surface area contributed by atoms with Gasteiger partial charge in [-0.25, -0.2) is 4.79 Å². The van der Waals surface area contributed by atoms with Gasteiger partial charge < -0.3 is 9.84 Å². The summed E-state index contributed by atoms with van der Waals surface area (Å²) in [7, 11) is 0. The van der Waals surface area contributed by atoms with E-state index in [4.69, 9.17) is 28.3 Å². The number of carboxylic acid groups (broad SMARTS) is 1. The van der Waals surface area contributed by atoms with Gasteiger partial charge in [0.15, 0.2) is 0 Å². The first kappa shape index (κ1) is 13.7. The maximum absolute atomic E-state index is 12.0. The Hall–Kier alpha value is -1.33. The van der Waals surface area contributed by atoms with Gasteiger partial charge in [-0.3, -0.25) is 0 Å². The summed E-state index contributed by atoms with van der Waals surface area (Å²) in [6.07, 6.45) is 1.94. The molecule has 0 bridgehead atoms. The third-order valence-corrected chi connectivity index (χ3v) is 2.28. The average molecular weight is 283 g/mol. The van der Waals surface area contributed by atoms with Crippen LogP contribution in [0.25, 0.3) is 6.08 Å². The highest BCUT2D eigenvalue weighted by molar-refractivity contribution is 6.35. The number of aliphatic carboxylic acids is 1. The van der Waals surface area contributed by atoms with Crippen molar-refractivity contribution in [2.75, 3.05) is 0 Å². The molecule has 0 aliphatic carbocycles. The summed E-state index contributed by atoms with van der Waals surface area (Å²) in [6, 6.07) is 2.45. The molecule has 0 aliphatic rings. The zero-order chi connectivity index (χ0) is 13.0. The molecule has 17 heavy (non-hydrogen) atoms. The number of ether oxygens (including phenoxy) is 1. The Morgan fingerprint density at radius 1 is 1.41 bits per heavy atom. The second-order valence-electron chi connectivity index (χ2n) is 2.86. The number of carboxylic acids is 1. The topological polar surface area (TPSA) is 46.5 Å². The highest BCUT2D eigenvalue weighted by atomic mass is 35.5. The Balaban J connectivity index is 3.14. The van der Waals surface area contributed by atoms with E-state index >= 15 is 0 Å². The number of carbonyl (C=O) groups is 1. The second-order valence-corrected chi connectivity index (χ2v) is 3.67. The molecule has 0 atom stereocenters. The Kier molecular flexibility index (Phi) is 4.72. The Bertz CT molecular complexity index is 461. The Morgan fingerprint density at radius 3 is 2.59 bits per heavy atom. The molecule has 3 nitrogen and oxygen atoms in total. The van der Waals surface area contributed by atoms with Gasteiger partial charge in [-0.1, -0.05) is 23.2 Å². The van der Waals surface area contributed by atoms with Gasteiger partial charge in [-0.05, 0) is 17.7 Å². The van der Waals surface area contributed by atoms with E-state index in [0.717, 1.165) is 18.2 Å². The molecule has 0 saturated heterocycles. The summed E-state index contributed by atoms with van der Waals surface area (Å²) in [5.41, 5.74) is 0.178.